The predicted octanol–water partition coefficient (Wildman–Crippen LogP) is 1.81. The quantitative estimate of drug-likeness (QED) is 0.788. The fraction of sp³-hybridized carbons (Fsp3) is 0.417. The van der Waals surface area contributed by atoms with Crippen molar-refractivity contribution in [2.45, 2.75) is 25.4 Å². The van der Waals surface area contributed by atoms with E-state index in [1.165, 1.54) is 0 Å². The third-order valence-electron chi connectivity index (χ3n) is 2.87. The normalized spacial score (nSPS) is 25.9. The average molecular weight is 205 g/mol. The van der Waals surface area contributed by atoms with Crippen molar-refractivity contribution in [1.82, 2.24) is 5.32 Å². The van der Waals surface area contributed by atoms with Gasteiger partial charge in [0, 0.05) is 6.04 Å². The van der Waals surface area contributed by atoms with Crippen LogP contribution in [0.15, 0.2) is 30.3 Å². The largest absolute Gasteiger partial charge is 0.480 e. The topological polar surface area (TPSA) is 49.3 Å². The first-order chi connectivity index (χ1) is 7.18. The van der Waals surface area contributed by atoms with Crippen LogP contribution in [0.2, 0.25) is 0 Å². The van der Waals surface area contributed by atoms with E-state index in [0.717, 1.165) is 12.0 Å². The third-order valence-corrected chi connectivity index (χ3v) is 2.87. The van der Waals surface area contributed by atoms with E-state index < -0.39 is 12.0 Å². The molecule has 1 aromatic carbocycles. The second kappa shape index (κ2) is 4.03. The van der Waals surface area contributed by atoms with E-state index in [1.54, 1.807) is 0 Å². The van der Waals surface area contributed by atoms with E-state index in [1.807, 2.05) is 30.3 Å². The van der Waals surface area contributed by atoms with Crippen LogP contribution in [0, 0.1) is 5.92 Å². The Morgan fingerprint density at radius 2 is 2.07 bits per heavy atom. The Balaban J connectivity index is 2.10. The Morgan fingerprint density at radius 1 is 1.47 bits per heavy atom. The van der Waals surface area contributed by atoms with Gasteiger partial charge in [-0.2, -0.15) is 0 Å². The van der Waals surface area contributed by atoms with Crippen molar-refractivity contribution in [2.24, 2.45) is 5.92 Å². The zero-order valence-corrected chi connectivity index (χ0v) is 8.68. The van der Waals surface area contributed by atoms with Crippen molar-refractivity contribution in [3.63, 3.8) is 0 Å². The van der Waals surface area contributed by atoms with Gasteiger partial charge in [-0.15, -0.1) is 0 Å². The minimum Gasteiger partial charge on any atom is -0.480 e. The highest BCUT2D eigenvalue weighted by Gasteiger charge is 2.36. The van der Waals surface area contributed by atoms with Crippen LogP contribution >= 0.6 is 0 Å². The molecule has 2 N–H and O–H groups in total. The summed E-state index contributed by atoms with van der Waals surface area (Å²) in [5.41, 5.74) is 0.823. The smallest absolute Gasteiger partial charge is 0.325 e. The number of rotatable bonds is 4. The van der Waals surface area contributed by atoms with E-state index in [4.69, 9.17) is 5.11 Å². The summed E-state index contributed by atoms with van der Waals surface area (Å²) in [6.07, 6.45) is 1.08. The highest BCUT2D eigenvalue weighted by Crippen LogP contribution is 2.31. The molecule has 0 radical (unpaired) electrons. The number of carboxylic acid groups (broad SMARTS) is 1. The summed E-state index contributed by atoms with van der Waals surface area (Å²) in [7, 11) is 0. The number of hydrogen-bond acceptors (Lipinski definition) is 2. The lowest BCUT2D eigenvalue weighted by Crippen LogP contribution is -2.30. The molecule has 0 saturated heterocycles. The van der Waals surface area contributed by atoms with Crippen molar-refractivity contribution >= 4 is 5.97 Å². The van der Waals surface area contributed by atoms with Crippen LogP contribution in [-0.4, -0.2) is 17.1 Å². The maximum Gasteiger partial charge on any atom is 0.325 e. The van der Waals surface area contributed by atoms with Crippen LogP contribution in [0.4, 0.5) is 0 Å². The molecule has 1 saturated carbocycles. The Bertz CT molecular complexity index is 350. The molecular formula is C12H15NO2. The standard InChI is InChI=1S/C12H15NO2/c1-8-7-10(8)13-11(12(14)15)9-5-3-2-4-6-9/h2-6,8,10-11,13H,7H2,1H3,(H,14,15). The molecule has 1 aliphatic carbocycles. The number of nitrogens with one attached hydrogen (secondary N) is 1. The van der Waals surface area contributed by atoms with Gasteiger partial charge in [0.15, 0.2) is 0 Å². The first kappa shape index (κ1) is 10.2. The number of aliphatic carboxylic acids is 1. The van der Waals surface area contributed by atoms with Gasteiger partial charge in [0.05, 0.1) is 0 Å². The highest BCUT2D eigenvalue weighted by atomic mass is 16.4. The molecule has 0 aromatic heterocycles. The van der Waals surface area contributed by atoms with Crippen molar-refractivity contribution in [3.05, 3.63) is 35.9 Å². The van der Waals surface area contributed by atoms with Crippen molar-refractivity contribution in [2.75, 3.05) is 0 Å². The molecule has 1 fully saturated rings. The first-order valence-electron chi connectivity index (χ1n) is 5.22. The fourth-order valence-corrected chi connectivity index (χ4v) is 1.72. The monoisotopic (exact) mass is 205 g/mol. The molecule has 3 heteroatoms. The molecule has 3 nitrogen and oxygen atoms in total. The minimum absolute atomic E-state index is 0.367. The zero-order chi connectivity index (χ0) is 10.8. The van der Waals surface area contributed by atoms with Gasteiger partial charge in [0.1, 0.15) is 6.04 Å². The van der Waals surface area contributed by atoms with E-state index in [-0.39, 0.29) is 0 Å². The summed E-state index contributed by atoms with van der Waals surface area (Å²) in [5.74, 6) is -0.198. The number of hydrogen-bond donors (Lipinski definition) is 2. The van der Waals surface area contributed by atoms with E-state index >= 15 is 0 Å². The summed E-state index contributed by atoms with van der Waals surface area (Å²) < 4.78 is 0. The SMILES string of the molecule is CC1CC1NC(C(=O)O)c1ccccc1. The molecule has 80 valence electrons. The summed E-state index contributed by atoms with van der Waals surface area (Å²) in [6.45, 7) is 2.13. The van der Waals surface area contributed by atoms with Crippen LogP contribution in [-0.2, 0) is 4.79 Å². The average Bonchev–Trinajstić information content (AvgIpc) is 2.92. The number of benzene rings is 1. The van der Waals surface area contributed by atoms with Gasteiger partial charge in [-0.25, -0.2) is 0 Å². The van der Waals surface area contributed by atoms with Gasteiger partial charge in [-0.1, -0.05) is 37.3 Å². The van der Waals surface area contributed by atoms with E-state index in [0.29, 0.717) is 12.0 Å². The van der Waals surface area contributed by atoms with Crippen LogP contribution in [0.25, 0.3) is 0 Å². The Labute approximate surface area is 89.1 Å². The molecule has 3 atom stereocenters. The van der Waals surface area contributed by atoms with Gasteiger partial charge in [0.2, 0.25) is 0 Å². The van der Waals surface area contributed by atoms with E-state index in [9.17, 15) is 4.79 Å². The Hall–Kier alpha value is -1.35. The molecule has 1 aliphatic rings. The first-order valence-corrected chi connectivity index (χ1v) is 5.22. The van der Waals surface area contributed by atoms with Gasteiger partial charge >= 0.3 is 5.97 Å². The summed E-state index contributed by atoms with van der Waals surface area (Å²) >= 11 is 0. The van der Waals surface area contributed by atoms with Gasteiger partial charge in [-0.3, -0.25) is 10.1 Å². The lowest BCUT2D eigenvalue weighted by molar-refractivity contribution is -0.139. The summed E-state index contributed by atoms with van der Waals surface area (Å²) in [5, 5.41) is 12.3. The van der Waals surface area contributed by atoms with Gasteiger partial charge in [0.25, 0.3) is 0 Å². The maximum atomic E-state index is 11.1. The molecule has 0 spiro atoms. The molecule has 15 heavy (non-hydrogen) atoms. The van der Waals surface area contributed by atoms with Crippen molar-refractivity contribution < 1.29 is 9.90 Å². The second-order valence-electron chi connectivity index (χ2n) is 4.17. The fourth-order valence-electron chi connectivity index (χ4n) is 1.72. The zero-order valence-electron chi connectivity index (χ0n) is 8.68. The molecular weight excluding hydrogens is 190 g/mol. The molecule has 0 aliphatic heterocycles. The van der Waals surface area contributed by atoms with E-state index in [2.05, 4.69) is 12.2 Å². The third kappa shape index (κ3) is 2.36. The molecule has 3 unspecified atom stereocenters. The van der Waals surface area contributed by atoms with Crippen molar-refractivity contribution in [1.29, 1.82) is 0 Å². The Kier molecular flexibility index (Phi) is 2.73. The number of carboxylic acids is 1. The molecule has 2 rings (SSSR count). The lowest BCUT2D eigenvalue weighted by Gasteiger charge is -2.14. The van der Waals surface area contributed by atoms with Crippen molar-refractivity contribution in [3.8, 4) is 0 Å². The molecule has 0 heterocycles. The Morgan fingerprint density at radius 3 is 2.53 bits per heavy atom. The highest BCUT2D eigenvalue weighted by molar-refractivity contribution is 5.75. The molecule has 0 bridgehead atoms. The maximum absolute atomic E-state index is 11.1. The van der Waals surface area contributed by atoms with Crippen LogP contribution < -0.4 is 5.32 Å². The van der Waals surface area contributed by atoms with Gasteiger partial charge < -0.3 is 5.11 Å². The summed E-state index contributed by atoms with van der Waals surface area (Å²) in [4.78, 5) is 11.1. The van der Waals surface area contributed by atoms with Crippen LogP contribution in [0.5, 0.6) is 0 Å². The van der Waals surface area contributed by atoms with Crippen LogP contribution in [0.1, 0.15) is 24.9 Å². The predicted molar refractivity (Wildman–Crippen MR) is 57.5 cm³/mol. The molecule has 1 aromatic rings. The number of carbonyl (C=O) groups is 1. The summed E-state index contributed by atoms with van der Waals surface area (Å²) in [6, 6.07) is 9.11. The lowest BCUT2D eigenvalue weighted by atomic mass is 10.1. The second-order valence-corrected chi connectivity index (χ2v) is 4.17. The van der Waals surface area contributed by atoms with Gasteiger partial charge in [-0.05, 0) is 17.9 Å². The minimum atomic E-state index is -0.805. The van der Waals surface area contributed by atoms with Crippen LogP contribution in [0.3, 0.4) is 0 Å². The molecule has 0 amide bonds.